The Labute approximate surface area is 142 Å². The molecule has 24 heavy (non-hydrogen) atoms. The van der Waals surface area contributed by atoms with Crippen LogP contribution in [0.25, 0.3) is 0 Å². The Bertz CT molecular complexity index is 844. The number of hydrogen-bond donors (Lipinski definition) is 1. The summed E-state index contributed by atoms with van der Waals surface area (Å²) in [4.78, 5) is 11.9. The number of ether oxygens (including phenoxy) is 1. The summed E-state index contributed by atoms with van der Waals surface area (Å²) in [5.41, 5.74) is 2.99. The minimum atomic E-state index is -3.58. The predicted octanol–water partition coefficient (Wildman–Crippen LogP) is 3.42. The molecule has 0 amide bonds. The topological polar surface area (TPSA) is 72.5 Å². The second-order valence-electron chi connectivity index (χ2n) is 5.55. The molecule has 5 nitrogen and oxygen atoms in total. The molecule has 0 aliphatic rings. The quantitative estimate of drug-likeness (QED) is 0.813. The molecule has 0 aliphatic heterocycles. The Hall–Kier alpha value is -2.34. The van der Waals surface area contributed by atoms with Crippen LogP contribution in [-0.2, 0) is 20.5 Å². The second kappa shape index (κ2) is 7.49. The van der Waals surface area contributed by atoms with Gasteiger partial charge in [0.25, 0.3) is 0 Å². The zero-order valence-electron chi connectivity index (χ0n) is 14.0. The van der Waals surface area contributed by atoms with E-state index in [1.165, 1.54) is 0 Å². The molecule has 2 rings (SSSR count). The number of rotatable bonds is 6. The molecule has 0 aliphatic carbocycles. The maximum absolute atomic E-state index is 12.4. The molecule has 128 valence electrons. The Kier molecular flexibility index (Phi) is 5.62. The van der Waals surface area contributed by atoms with Gasteiger partial charge in [-0.2, -0.15) is 0 Å². The molecule has 0 saturated heterocycles. The molecule has 0 spiro atoms. The van der Waals surface area contributed by atoms with Gasteiger partial charge in [0.2, 0.25) is 10.0 Å². The van der Waals surface area contributed by atoms with Crippen LogP contribution in [0, 0.1) is 13.8 Å². The summed E-state index contributed by atoms with van der Waals surface area (Å²) in [6, 6.07) is 12.2. The molecule has 2 aromatic carbocycles. The SMILES string of the molecule is CCOC(=O)c1cccc(NS(=O)(=O)Cc2cccc(C)c2)c1C. The lowest BCUT2D eigenvalue weighted by Gasteiger charge is -2.13. The van der Waals surface area contributed by atoms with Gasteiger partial charge in [-0.25, -0.2) is 13.2 Å². The highest BCUT2D eigenvalue weighted by Gasteiger charge is 2.17. The highest BCUT2D eigenvalue weighted by Crippen LogP contribution is 2.22. The van der Waals surface area contributed by atoms with Gasteiger partial charge in [-0.1, -0.05) is 35.9 Å². The molecular formula is C18H21NO4S. The number of esters is 1. The van der Waals surface area contributed by atoms with Crippen molar-refractivity contribution in [3.05, 3.63) is 64.7 Å². The van der Waals surface area contributed by atoms with E-state index in [-0.39, 0.29) is 12.4 Å². The summed E-state index contributed by atoms with van der Waals surface area (Å²) in [6.45, 7) is 5.59. The first kappa shape index (κ1) is 18.0. The number of anilines is 1. The standard InChI is InChI=1S/C18H21NO4S/c1-4-23-18(20)16-9-6-10-17(14(16)3)19-24(21,22)12-15-8-5-7-13(2)11-15/h5-11,19H,4,12H2,1-3H3. The molecule has 0 bridgehead atoms. The molecule has 0 aromatic heterocycles. The van der Waals surface area contributed by atoms with Crippen LogP contribution in [0.2, 0.25) is 0 Å². The zero-order valence-corrected chi connectivity index (χ0v) is 14.8. The molecule has 2 aromatic rings. The van der Waals surface area contributed by atoms with Crippen molar-refractivity contribution in [2.75, 3.05) is 11.3 Å². The van der Waals surface area contributed by atoms with Crippen LogP contribution in [0.3, 0.4) is 0 Å². The van der Waals surface area contributed by atoms with Gasteiger partial charge in [0.05, 0.1) is 23.6 Å². The first-order valence-electron chi connectivity index (χ1n) is 7.65. The van der Waals surface area contributed by atoms with E-state index in [9.17, 15) is 13.2 Å². The Morgan fingerprint density at radius 3 is 2.50 bits per heavy atom. The van der Waals surface area contributed by atoms with Crippen molar-refractivity contribution < 1.29 is 17.9 Å². The van der Waals surface area contributed by atoms with E-state index in [0.717, 1.165) is 5.56 Å². The lowest BCUT2D eigenvalue weighted by molar-refractivity contribution is 0.0525. The summed E-state index contributed by atoms with van der Waals surface area (Å²) in [5.74, 6) is -0.590. The molecule has 0 unspecified atom stereocenters. The van der Waals surface area contributed by atoms with Gasteiger partial charge in [-0.05, 0) is 44.0 Å². The van der Waals surface area contributed by atoms with Gasteiger partial charge in [0.1, 0.15) is 0 Å². The van der Waals surface area contributed by atoms with Crippen LogP contribution in [0.15, 0.2) is 42.5 Å². The van der Waals surface area contributed by atoms with Crippen LogP contribution in [0.1, 0.15) is 34.0 Å². The van der Waals surface area contributed by atoms with E-state index in [1.54, 1.807) is 38.1 Å². The maximum Gasteiger partial charge on any atom is 0.338 e. The molecule has 0 fully saturated rings. The third-order valence-electron chi connectivity index (χ3n) is 3.53. The largest absolute Gasteiger partial charge is 0.462 e. The predicted molar refractivity (Wildman–Crippen MR) is 94.6 cm³/mol. The van der Waals surface area contributed by atoms with Gasteiger partial charge in [-0.15, -0.1) is 0 Å². The Morgan fingerprint density at radius 2 is 1.83 bits per heavy atom. The summed E-state index contributed by atoms with van der Waals surface area (Å²) < 4.78 is 32.4. The van der Waals surface area contributed by atoms with Crippen molar-refractivity contribution in [2.24, 2.45) is 0 Å². The third-order valence-corrected chi connectivity index (χ3v) is 4.78. The number of nitrogens with one attached hydrogen (secondary N) is 1. The summed E-state index contributed by atoms with van der Waals surface area (Å²) in [5, 5.41) is 0. The van der Waals surface area contributed by atoms with Crippen molar-refractivity contribution in [3.63, 3.8) is 0 Å². The lowest BCUT2D eigenvalue weighted by atomic mass is 10.1. The summed E-state index contributed by atoms with van der Waals surface area (Å²) in [7, 11) is -3.58. The first-order valence-corrected chi connectivity index (χ1v) is 9.30. The minimum Gasteiger partial charge on any atom is -0.462 e. The summed E-state index contributed by atoms with van der Waals surface area (Å²) >= 11 is 0. The molecule has 0 atom stereocenters. The molecule has 0 saturated carbocycles. The van der Waals surface area contributed by atoms with Gasteiger partial charge in [0, 0.05) is 0 Å². The van der Waals surface area contributed by atoms with E-state index in [2.05, 4.69) is 4.72 Å². The maximum atomic E-state index is 12.4. The fourth-order valence-electron chi connectivity index (χ4n) is 2.40. The van der Waals surface area contributed by atoms with E-state index >= 15 is 0 Å². The number of benzene rings is 2. The van der Waals surface area contributed by atoms with Crippen molar-refractivity contribution in [3.8, 4) is 0 Å². The molecule has 0 radical (unpaired) electrons. The monoisotopic (exact) mass is 347 g/mol. The van der Waals surface area contributed by atoms with Gasteiger partial charge < -0.3 is 4.74 Å². The minimum absolute atomic E-state index is 0.127. The van der Waals surface area contributed by atoms with Gasteiger partial charge in [0.15, 0.2) is 0 Å². The van der Waals surface area contributed by atoms with Crippen LogP contribution >= 0.6 is 0 Å². The van der Waals surface area contributed by atoms with Crippen LogP contribution in [-0.4, -0.2) is 21.0 Å². The number of hydrogen-bond acceptors (Lipinski definition) is 4. The lowest BCUT2D eigenvalue weighted by Crippen LogP contribution is -2.17. The highest BCUT2D eigenvalue weighted by atomic mass is 32.2. The first-order chi connectivity index (χ1) is 11.3. The van der Waals surface area contributed by atoms with E-state index in [4.69, 9.17) is 4.74 Å². The van der Waals surface area contributed by atoms with E-state index in [0.29, 0.717) is 22.4 Å². The van der Waals surface area contributed by atoms with Crippen LogP contribution < -0.4 is 4.72 Å². The Balaban J connectivity index is 2.23. The molecule has 6 heteroatoms. The van der Waals surface area contributed by atoms with E-state index in [1.807, 2.05) is 25.1 Å². The molecule has 1 N–H and O–H groups in total. The fraction of sp³-hybridized carbons (Fsp3) is 0.278. The zero-order chi connectivity index (χ0) is 17.7. The van der Waals surface area contributed by atoms with E-state index < -0.39 is 16.0 Å². The molecule has 0 heterocycles. The fourth-order valence-corrected chi connectivity index (χ4v) is 3.65. The second-order valence-corrected chi connectivity index (χ2v) is 7.27. The molecular weight excluding hydrogens is 326 g/mol. The van der Waals surface area contributed by atoms with Crippen molar-refractivity contribution >= 4 is 21.7 Å². The third kappa shape index (κ3) is 4.58. The summed E-state index contributed by atoms with van der Waals surface area (Å²) in [6.07, 6.45) is 0. The number of carbonyl (C=O) groups is 1. The highest BCUT2D eigenvalue weighted by molar-refractivity contribution is 7.91. The number of sulfonamides is 1. The van der Waals surface area contributed by atoms with Crippen molar-refractivity contribution in [1.82, 2.24) is 0 Å². The Morgan fingerprint density at radius 1 is 1.12 bits per heavy atom. The van der Waals surface area contributed by atoms with Crippen LogP contribution in [0.5, 0.6) is 0 Å². The average molecular weight is 347 g/mol. The van der Waals surface area contributed by atoms with Crippen molar-refractivity contribution in [2.45, 2.75) is 26.5 Å². The number of aryl methyl sites for hydroxylation is 1. The number of carbonyl (C=O) groups excluding carboxylic acids is 1. The smallest absolute Gasteiger partial charge is 0.338 e. The van der Waals surface area contributed by atoms with Crippen molar-refractivity contribution in [1.29, 1.82) is 0 Å². The average Bonchev–Trinajstić information content (AvgIpc) is 2.49. The van der Waals surface area contributed by atoms with Gasteiger partial charge in [-0.3, -0.25) is 4.72 Å². The van der Waals surface area contributed by atoms with Gasteiger partial charge >= 0.3 is 5.97 Å². The normalized spacial score (nSPS) is 11.1. The van der Waals surface area contributed by atoms with Crippen LogP contribution in [0.4, 0.5) is 5.69 Å².